The van der Waals surface area contributed by atoms with Crippen molar-refractivity contribution in [2.75, 3.05) is 12.8 Å². The van der Waals surface area contributed by atoms with E-state index in [0.29, 0.717) is 22.1 Å². The monoisotopic (exact) mass is 286 g/mol. The molecule has 1 heterocycles. The highest BCUT2D eigenvalue weighted by molar-refractivity contribution is 9.10. The minimum Gasteiger partial charge on any atom is -0.494 e. The van der Waals surface area contributed by atoms with Crippen molar-refractivity contribution < 1.29 is 4.74 Å². The van der Waals surface area contributed by atoms with Gasteiger partial charge in [0.05, 0.1) is 12.8 Å². The van der Waals surface area contributed by atoms with E-state index >= 15 is 0 Å². The summed E-state index contributed by atoms with van der Waals surface area (Å²) < 4.78 is 6.11. The second-order valence-corrected chi connectivity index (χ2v) is 4.23. The maximum Gasteiger partial charge on any atom is 0.152 e. The van der Waals surface area contributed by atoms with Crippen LogP contribution in [0.1, 0.15) is 0 Å². The molecule has 3 nitrogen and oxygen atoms in total. The molecule has 0 unspecified atom stereocenters. The first-order chi connectivity index (χ1) is 7.13. The van der Waals surface area contributed by atoms with Gasteiger partial charge in [-0.15, -0.1) is 0 Å². The van der Waals surface area contributed by atoms with E-state index in [1.807, 2.05) is 12.1 Å². The van der Waals surface area contributed by atoms with Gasteiger partial charge in [-0.05, 0) is 18.2 Å². The SMILES string of the molecule is COc1ccc(Br)c2cc(N)c(Cl)nc12. The largest absolute Gasteiger partial charge is 0.494 e. The van der Waals surface area contributed by atoms with Crippen molar-refractivity contribution in [2.24, 2.45) is 0 Å². The van der Waals surface area contributed by atoms with E-state index < -0.39 is 0 Å². The van der Waals surface area contributed by atoms with E-state index in [1.54, 1.807) is 13.2 Å². The van der Waals surface area contributed by atoms with Gasteiger partial charge in [-0.1, -0.05) is 27.5 Å². The lowest BCUT2D eigenvalue weighted by Gasteiger charge is -2.07. The summed E-state index contributed by atoms with van der Waals surface area (Å²) >= 11 is 9.29. The van der Waals surface area contributed by atoms with Gasteiger partial charge in [0, 0.05) is 9.86 Å². The van der Waals surface area contributed by atoms with Gasteiger partial charge in [-0.2, -0.15) is 0 Å². The van der Waals surface area contributed by atoms with E-state index in [9.17, 15) is 0 Å². The van der Waals surface area contributed by atoms with Crippen LogP contribution >= 0.6 is 27.5 Å². The van der Waals surface area contributed by atoms with Crippen LogP contribution < -0.4 is 10.5 Å². The molecule has 2 aromatic rings. The minimum atomic E-state index is 0.291. The third-order valence-corrected chi connectivity index (χ3v) is 3.09. The molecule has 0 bridgehead atoms. The van der Waals surface area contributed by atoms with Gasteiger partial charge in [0.1, 0.15) is 11.3 Å². The van der Waals surface area contributed by atoms with Gasteiger partial charge >= 0.3 is 0 Å². The molecule has 2 N–H and O–H groups in total. The number of halogens is 2. The number of hydrogen-bond donors (Lipinski definition) is 1. The van der Waals surface area contributed by atoms with Crippen LogP contribution in [-0.4, -0.2) is 12.1 Å². The van der Waals surface area contributed by atoms with Crippen molar-refractivity contribution in [1.29, 1.82) is 0 Å². The number of hydrogen-bond acceptors (Lipinski definition) is 3. The van der Waals surface area contributed by atoms with Crippen molar-refractivity contribution in [2.45, 2.75) is 0 Å². The Morgan fingerprint density at radius 2 is 2.20 bits per heavy atom. The van der Waals surface area contributed by atoms with Crippen LogP contribution in [0.5, 0.6) is 5.75 Å². The van der Waals surface area contributed by atoms with Gasteiger partial charge in [0.15, 0.2) is 5.15 Å². The summed E-state index contributed by atoms with van der Waals surface area (Å²) in [6, 6.07) is 5.49. The summed E-state index contributed by atoms with van der Waals surface area (Å²) in [6.07, 6.45) is 0. The molecular formula is C10H8BrClN2O. The Bertz CT molecular complexity index is 530. The third-order valence-electron chi connectivity index (χ3n) is 2.09. The van der Waals surface area contributed by atoms with Crippen LogP contribution in [-0.2, 0) is 0 Å². The lowest BCUT2D eigenvalue weighted by Crippen LogP contribution is -1.93. The normalized spacial score (nSPS) is 10.6. The van der Waals surface area contributed by atoms with Crippen LogP contribution in [0, 0.1) is 0 Å². The molecule has 1 aromatic carbocycles. The third kappa shape index (κ3) is 1.75. The number of anilines is 1. The van der Waals surface area contributed by atoms with Gasteiger partial charge in [-0.25, -0.2) is 4.98 Å². The molecule has 0 aliphatic rings. The summed E-state index contributed by atoms with van der Waals surface area (Å²) in [7, 11) is 1.59. The Kier molecular flexibility index (Phi) is 2.71. The molecule has 0 aliphatic heterocycles. The quantitative estimate of drug-likeness (QED) is 0.819. The van der Waals surface area contributed by atoms with Crippen LogP contribution in [0.4, 0.5) is 5.69 Å². The summed E-state index contributed by atoms with van der Waals surface area (Å²) in [6.45, 7) is 0. The van der Waals surface area contributed by atoms with Crippen molar-refractivity contribution in [3.63, 3.8) is 0 Å². The summed E-state index contributed by atoms with van der Waals surface area (Å²) in [4.78, 5) is 4.19. The molecule has 0 saturated carbocycles. The van der Waals surface area contributed by atoms with Crippen LogP contribution in [0.3, 0.4) is 0 Å². The number of nitrogens with zero attached hydrogens (tertiary/aromatic N) is 1. The number of aromatic nitrogens is 1. The highest BCUT2D eigenvalue weighted by Gasteiger charge is 2.09. The second-order valence-electron chi connectivity index (χ2n) is 3.01. The highest BCUT2D eigenvalue weighted by atomic mass is 79.9. The van der Waals surface area contributed by atoms with Crippen molar-refractivity contribution in [3.8, 4) is 5.75 Å². The lowest BCUT2D eigenvalue weighted by atomic mass is 10.2. The smallest absolute Gasteiger partial charge is 0.152 e. The predicted molar refractivity (Wildman–Crippen MR) is 65.4 cm³/mol. The first-order valence-corrected chi connectivity index (χ1v) is 5.39. The van der Waals surface area contributed by atoms with Gasteiger partial charge in [0.2, 0.25) is 0 Å². The lowest BCUT2D eigenvalue weighted by molar-refractivity contribution is 0.419. The Balaban J connectivity index is 2.88. The zero-order valence-electron chi connectivity index (χ0n) is 7.92. The standard InChI is InChI=1S/C10H8BrClN2O/c1-15-8-3-2-6(11)5-4-7(13)10(12)14-9(5)8/h2-4H,13H2,1H3. The molecule has 5 heteroatoms. The maximum atomic E-state index is 5.86. The predicted octanol–water partition coefficient (Wildman–Crippen LogP) is 3.24. The topological polar surface area (TPSA) is 48.1 Å². The number of nitrogen functional groups attached to an aromatic ring is 1. The number of ether oxygens (including phenoxy) is 1. The number of nitrogens with two attached hydrogens (primary N) is 1. The first-order valence-electron chi connectivity index (χ1n) is 4.21. The Hall–Kier alpha value is -1.00. The van der Waals surface area contributed by atoms with Gasteiger partial charge in [0.25, 0.3) is 0 Å². The number of fused-ring (bicyclic) bond motifs is 1. The maximum absolute atomic E-state index is 5.86. The molecule has 0 atom stereocenters. The molecule has 0 saturated heterocycles. The van der Waals surface area contributed by atoms with Crippen LogP contribution in [0.2, 0.25) is 5.15 Å². The fourth-order valence-corrected chi connectivity index (χ4v) is 1.93. The van der Waals surface area contributed by atoms with E-state index in [2.05, 4.69) is 20.9 Å². The Labute approximate surface area is 100 Å². The molecule has 1 aromatic heterocycles. The number of methoxy groups -OCH3 is 1. The fourth-order valence-electron chi connectivity index (χ4n) is 1.36. The summed E-state index contributed by atoms with van der Waals surface area (Å²) in [5, 5.41) is 1.18. The summed E-state index contributed by atoms with van der Waals surface area (Å²) in [5.74, 6) is 0.676. The van der Waals surface area contributed by atoms with E-state index in [1.165, 1.54) is 0 Å². The zero-order valence-corrected chi connectivity index (χ0v) is 10.3. The molecule has 0 spiro atoms. The minimum absolute atomic E-state index is 0.291. The molecule has 0 aliphatic carbocycles. The molecular weight excluding hydrogens is 279 g/mol. The van der Waals surface area contributed by atoms with Crippen LogP contribution in [0.15, 0.2) is 22.7 Å². The average molecular weight is 288 g/mol. The Morgan fingerprint density at radius 1 is 1.47 bits per heavy atom. The van der Waals surface area contributed by atoms with E-state index in [4.69, 9.17) is 22.1 Å². The van der Waals surface area contributed by atoms with E-state index in [0.717, 1.165) is 9.86 Å². The molecule has 78 valence electrons. The van der Waals surface area contributed by atoms with Gasteiger partial charge < -0.3 is 10.5 Å². The zero-order chi connectivity index (χ0) is 11.0. The van der Waals surface area contributed by atoms with Crippen LogP contribution in [0.25, 0.3) is 10.9 Å². The van der Waals surface area contributed by atoms with Crippen molar-refractivity contribution >= 4 is 44.1 Å². The highest BCUT2D eigenvalue weighted by Crippen LogP contribution is 2.33. The molecule has 0 fully saturated rings. The fraction of sp³-hybridized carbons (Fsp3) is 0.100. The first kappa shape index (κ1) is 10.5. The van der Waals surface area contributed by atoms with Crippen molar-refractivity contribution in [1.82, 2.24) is 4.98 Å². The molecule has 15 heavy (non-hydrogen) atoms. The molecule has 0 amide bonds. The van der Waals surface area contributed by atoms with Crippen molar-refractivity contribution in [3.05, 3.63) is 27.8 Å². The number of rotatable bonds is 1. The molecule has 0 radical (unpaired) electrons. The van der Waals surface area contributed by atoms with E-state index in [-0.39, 0.29) is 0 Å². The molecule has 2 rings (SSSR count). The number of benzene rings is 1. The van der Waals surface area contributed by atoms with Gasteiger partial charge in [-0.3, -0.25) is 0 Å². The average Bonchev–Trinajstić information content (AvgIpc) is 2.22. The summed E-state index contributed by atoms with van der Waals surface area (Å²) in [5.41, 5.74) is 6.85. The Morgan fingerprint density at radius 3 is 2.87 bits per heavy atom. The second kappa shape index (κ2) is 3.87. The number of pyridine rings is 1.